The summed E-state index contributed by atoms with van der Waals surface area (Å²) in [5.41, 5.74) is 0.743. The third-order valence-corrected chi connectivity index (χ3v) is 9.40. The highest BCUT2D eigenvalue weighted by Crippen LogP contribution is 2.36. The van der Waals surface area contributed by atoms with Gasteiger partial charge in [0.25, 0.3) is 15.9 Å². The first-order chi connectivity index (χ1) is 17.9. The van der Waals surface area contributed by atoms with Crippen molar-refractivity contribution in [3.63, 3.8) is 0 Å². The molecule has 1 fully saturated rings. The van der Waals surface area contributed by atoms with Gasteiger partial charge in [0.1, 0.15) is 4.21 Å². The predicted molar refractivity (Wildman–Crippen MR) is 153 cm³/mol. The predicted octanol–water partition coefficient (Wildman–Crippen LogP) is 6.73. The first-order valence-electron chi connectivity index (χ1n) is 12.4. The normalized spacial score (nSPS) is 16.1. The molecule has 0 unspecified atom stereocenters. The fourth-order valence-electron chi connectivity index (χ4n) is 3.71. The number of ether oxygens (including phenoxy) is 2. The Bertz CT molecular complexity index is 1220. The molecule has 200 valence electrons. The first kappa shape index (κ1) is 29.0. The summed E-state index contributed by atoms with van der Waals surface area (Å²) in [5, 5.41) is 1.78. The molecule has 1 amide bonds. The molecule has 10 heteroatoms. The van der Waals surface area contributed by atoms with Gasteiger partial charge in [-0.15, -0.1) is 22.3 Å². The Morgan fingerprint density at radius 3 is 2.51 bits per heavy atom. The quantitative estimate of drug-likeness (QED) is 0.136. The summed E-state index contributed by atoms with van der Waals surface area (Å²) in [5.74, 6) is 0.898. The number of carbonyl (C=O) groups excluding carboxylic acids is 1. The monoisotopic (exact) mass is 562 g/mol. The van der Waals surface area contributed by atoms with Gasteiger partial charge >= 0.3 is 0 Å². The number of thioether (sulfide) groups is 1. The molecule has 2 aromatic rings. The van der Waals surface area contributed by atoms with Crippen molar-refractivity contribution in [2.24, 2.45) is 4.40 Å². The molecule has 3 rings (SSSR count). The van der Waals surface area contributed by atoms with Crippen LogP contribution in [0.1, 0.15) is 57.4 Å². The number of sulfonamides is 1. The minimum atomic E-state index is -3.92. The van der Waals surface area contributed by atoms with Crippen LogP contribution in [0.25, 0.3) is 6.08 Å². The third-order valence-electron chi connectivity index (χ3n) is 5.64. The molecule has 2 heterocycles. The zero-order valence-corrected chi connectivity index (χ0v) is 23.8. The van der Waals surface area contributed by atoms with Gasteiger partial charge < -0.3 is 9.47 Å². The highest BCUT2D eigenvalue weighted by molar-refractivity contribution is 8.19. The zero-order chi connectivity index (χ0) is 26.7. The minimum Gasteiger partial charge on any atom is -0.493 e. The molecular weight excluding hydrogens is 529 g/mol. The Morgan fingerprint density at radius 2 is 1.84 bits per heavy atom. The number of amides is 1. The average molecular weight is 563 g/mol. The first-order valence-corrected chi connectivity index (χ1v) is 15.5. The smallest absolute Gasteiger partial charge is 0.294 e. The molecule has 0 saturated carbocycles. The zero-order valence-electron chi connectivity index (χ0n) is 21.4. The summed E-state index contributed by atoms with van der Waals surface area (Å²) in [4.78, 5) is 14.8. The highest BCUT2D eigenvalue weighted by Gasteiger charge is 2.34. The second-order valence-electron chi connectivity index (χ2n) is 8.48. The number of thiophene rings is 1. The van der Waals surface area contributed by atoms with E-state index in [2.05, 4.69) is 17.9 Å². The molecule has 0 radical (unpaired) electrons. The van der Waals surface area contributed by atoms with Crippen molar-refractivity contribution >= 4 is 50.3 Å². The van der Waals surface area contributed by atoms with Crippen LogP contribution >= 0.6 is 23.1 Å². The van der Waals surface area contributed by atoms with Gasteiger partial charge in [0.05, 0.1) is 18.6 Å². The molecule has 1 saturated heterocycles. The van der Waals surface area contributed by atoms with Crippen LogP contribution in [0.5, 0.6) is 11.5 Å². The van der Waals surface area contributed by atoms with Crippen LogP contribution in [-0.4, -0.2) is 44.7 Å². The minimum absolute atomic E-state index is 0.105. The van der Waals surface area contributed by atoms with E-state index in [1.54, 1.807) is 30.7 Å². The average Bonchev–Trinajstić information content (AvgIpc) is 3.52. The number of rotatable bonds is 15. The molecule has 0 bridgehead atoms. The lowest BCUT2D eigenvalue weighted by atomic mass is 10.1. The molecule has 1 aliphatic heterocycles. The number of amidine groups is 1. The van der Waals surface area contributed by atoms with E-state index in [4.69, 9.17) is 9.47 Å². The number of methoxy groups -OCH3 is 1. The van der Waals surface area contributed by atoms with Crippen molar-refractivity contribution in [3.05, 3.63) is 58.8 Å². The van der Waals surface area contributed by atoms with Crippen molar-refractivity contribution in [3.8, 4) is 11.5 Å². The fraction of sp³-hybridized carbons (Fsp3) is 0.407. The van der Waals surface area contributed by atoms with Gasteiger partial charge in [0, 0.05) is 6.54 Å². The summed E-state index contributed by atoms with van der Waals surface area (Å²) < 4.78 is 40.9. The molecule has 1 aromatic carbocycles. The Morgan fingerprint density at radius 1 is 1.08 bits per heavy atom. The second kappa shape index (κ2) is 14.4. The van der Waals surface area contributed by atoms with Gasteiger partial charge in [-0.3, -0.25) is 9.69 Å². The molecule has 0 spiro atoms. The van der Waals surface area contributed by atoms with Gasteiger partial charge in [0.2, 0.25) is 0 Å². The van der Waals surface area contributed by atoms with E-state index in [9.17, 15) is 13.2 Å². The van der Waals surface area contributed by atoms with Crippen LogP contribution in [0.3, 0.4) is 0 Å². The Labute approximate surface area is 228 Å². The lowest BCUT2D eigenvalue weighted by Crippen LogP contribution is -2.29. The van der Waals surface area contributed by atoms with Crippen LogP contribution in [0.2, 0.25) is 0 Å². The third kappa shape index (κ3) is 8.21. The number of hydrogen-bond donors (Lipinski definition) is 0. The topological polar surface area (TPSA) is 85.3 Å². The summed E-state index contributed by atoms with van der Waals surface area (Å²) >= 11 is 2.11. The Hall–Kier alpha value is -2.56. The Kier molecular flexibility index (Phi) is 11.3. The van der Waals surface area contributed by atoms with Crippen molar-refractivity contribution in [2.75, 3.05) is 20.3 Å². The SMILES string of the molecule is C=CCN1C(=O)/C(=C/c2ccc(OC)c(OCCCCCCCCC)c2)S/C1=N/S(=O)(=O)c1cccs1. The molecule has 0 atom stereocenters. The number of unbranched alkanes of at least 4 members (excludes halogenated alkanes) is 6. The molecular formula is C27H34N2O5S3. The van der Waals surface area contributed by atoms with Gasteiger partial charge in [0.15, 0.2) is 16.7 Å². The molecule has 1 aliphatic rings. The molecule has 0 N–H and O–H groups in total. The molecule has 1 aromatic heterocycles. The van der Waals surface area contributed by atoms with Gasteiger partial charge in [-0.25, -0.2) is 0 Å². The van der Waals surface area contributed by atoms with Crippen LogP contribution in [-0.2, 0) is 14.8 Å². The van der Waals surface area contributed by atoms with E-state index < -0.39 is 10.0 Å². The van der Waals surface area contributed by atoms with Crippen molar-refractivity contribution < 1.29 is 22.7 Å². The van der Waals surface area contributed by atoms with Crippen LogP contribution in [0.15, 0.2) is 61.9 Å². The van der Waals surface area contributed by atoms with E-state index in [1.807, 2.05) is 12.1 Å². The summed E-state index contributed by atoms with van der Waals surface area (Å²) in [6.45, 7) is 6.64. The van der Waals surface area contributed by atoms with Crippen LogP contribution < -0.4 is 9.47 Å². The highest BCUT2D eigenvalue weighted by atomic mass is 32.2. The number of nitrogens with zero attached hydrogens (tertiary/aromatic N) is 2. The molecule has 0 aliphatic carbocycles. The van der Waals surface area contributed by atoms with Crippen molar-refractivity contribution in [1.29, 1.82) is 0 Å². The number of hydrogen-bond acceptors (Lipinski definition) is 7. The van der Waals surface area contributed by atoms with Crippen LogP contribution in [0, 0.1) is 0 Å². The summed E-state index contributed by atoms with van der Waals surface area (Å²) in [6.07, 6.45) is 11.6. The van der Waals surface area contributed by atoms with E-state index in [0.29, 0.717) is 23.0 Å². The van der Waals surface area contributed by atoms with Crippen LogP contribution in [0.4, 0.5) is 0 Å². The van der Waals surface area contributed by atoms with Crippen molar-refractivity contribution in [1.82, 2.24) is 4.90 Å². The van der Waals surface area contributed by atoms with Gasteiger partial charge in [-0.2, -0.15) is 8.42 Å². The summed E-state index contributed by atoms with van der Waals surface area (Å²) in [6, 6.07) is 8.60. The maximum absolute atomic E-state index is 13.1. The molecule has 37 heavy (non-hydrogen) atoms. The number of carbonyl (C=O) groups is 1. The summed E-state index contributed by atoms with van der Waals surface area (Å²) in [7, 11) is -2.32. The van der Waals surface area contributed by atoms with E-state index in [-0.39, 0.29) is 21.8 Å². The standard InChI is InChI=1S/C27H34N2O5S3/c1-4-6-7-8-9-10-11-17-34-23-19-21(14-15-22(23)33-3)20-24-26(30)29(16-5-2)27(36-24)28-37(31,32)25-13-12-18-35-25/h5,12-15,18-20H,2,4,6-11,16-17H2,1,3H3/b24-20-,28-27+. The van der Waals surface area contributed by atoms with Gasteiger partial charge in [-0.1, -0.05) is 63.7 Å². The lowest BCUT2D eigenvalue weighted by molar-refractivity contribution is -0.121. The van der Waals surface area contributed by atoms with E-state index >= 15 is 0 Å². The van der Waals surface area contributed by atoms with E-state index in [1.165, 1.54) is 49.1 Å². The second-order valence-corrected chi connectivity index (χ2v) is 12.3. The Balaban J connectivity index is 1.73. The number of benzene rings is 1. The van der Waals surface area contributed by atoms with E-state index in [0.717, 1.165) is 41.5 Å². The fourth-order valence-corrected chi connectivity index (χ4v) is 6.87. The molecule has 7 nitrogen and oxygen atoms in total. The van der Waals surface area contributed by atoms with Crippen molar-refractivity contribution in [2.45, 2.75) is 56.1 Å². The maximum Gasteiger partial charge on any atom is 0.294 e. The maximum atomic E-state index is 13.1. The largest absolute Gasteiger partial charge is 0.493 e. The lowest BCUT2D eigenvalue weighted by Gasteiger charge is -2.12. The van der Waals surface area contributed by atoms with Gasteiger partial charge in [-0.05, 0) is 53.4 Å².